The molecule has 0 bridgehead atoms. The number of nitrogens with one attached hydrogen (secondary N) is 1. The number of amides is 1. The topological polar surface area (TPSA) is 85.4 Å². The highest BCUT2D eigenvalue weighted by atomic mass is 16.5. The number of nitrogens with zero attached hydrogens (tertiary/aromatic N) is 3. The summed E-state index contributed by atoms with van der Waals surface area (Å²) in [6.45, 7) is 3.09. The predicted octanol–water partition coefficient (Wildman–Crippen LogP) is 0.820. The lowest BCUT2D eigenvalue weighted by atomic mass is 10.3. The summed E-state index contributed by atoms with van der Waals surface area (Å²) in [5, 5.41) is 7.13. The van der Waals surface area contributed by atoms with Crippen molar-refractivity contribution in [2.45, 2.75) is 6.92 Å². The summed E-state index contributed by atoms with van der Waals surface area (Å²) in [4.78, 5) is 13.7. The van der Waals surface area contributed by atoms with Crippen LogP contribution in [0.1, 0.15) is 5.56 Å². The third kappa shape index (κ3) is 4.46. The molecule has 1 heterocycles. The third-order valence-corrected chi connectivity index (χ3v) is 3.35. The Balaban J connectivity index is 1.97. The molecule has 0 saturated heterocycles. The van der Waals surface area contributed by atoms with Crippen LogP contribution in [0, 0.1) is 6.92 Å². The Kier molecular flexibility index (Phi) is 5.59. The van der Waals surface area contributed by atoms with Gasteiger partial charge >= 0.3 is 0 Å². The van der Waals surface area contributed by atoms with E-state index in [1.807, 2.05) is 56.3 Å². The normalized spacial score (nSPS) is 10.8. The van der Waals surface area contributed by atoms with Crippen LogP contribution in [0.3, 0.4) is 0 Å². The minimum absolute atomic E-state index is 0.0838. The molecule has 3 N–H and O–H groups in total. The first-order chi connectivity index (χ1) is 11.0. The monoisotopic (exact) mass is 317 g/mol. The van der Waals surface area contributed by atoms with E-state index in [0.29, 0.717) is 18.2 Å². The average molecular weight is 317 g/mol. The second-order valence-electron chi connectivity index (χ2n) is 5.50. The number of carbonyl (C=O) groups is 1. The van der Waals surface area contributed by atoms with Gasteiger partial charge in [-0.05, 0) is 33.2 Å². The van der Waals surface area contributed by atoms with Gasteiger partial charge in [-0.1, -0.05) is 18.2 Å². The van der Waals surface area contributed by atoms with Crippen LogP contribution < -0.4 is 15.8 Å². The zero-order valence-corrected chi connectivity index (χ0v) is 13.7. The van der Waals surface area contributed by atoms with E-state index in [-0.39, 0.29) is 12.5 Å². The highest BCUT2D eigenvalue weighted by molar-refractivity contribution is 5.77. The van der Waals surface area contributed by atoms with Crippen molar-refractivity contribution in [2.24, 2.45) is 0 Å². The summed E-state index contributed by atoms with van der Waals surface area (Å²) < 4.78 is 7.11. The summed E-state index contributed by atoms with van der Waals surface area (Å²) in [5.74, 6) is 0.687. The molecule has 0 spiro atoms. The van der Waals surface area contributed by atoms with Crippen molar-refractivity contribution < 1.29 is 9.53 Å². The molecule has 23 heavy (non-hydrogen) atoms. The van der Waals surface area contributed by atoms with Crippen molar-refractivity contribution in [2.75, 3.05) is 39.5 Å². The van der Waals surface area contributed by atoms with Crippen molar-refractivity contribution in [3.8, 4) is 11.6 Å². The van der Waals surface area contributed by atoms with Crippen molar-refractivity contribution in [3.05, 3.63) is 35.9 Å². The molecule has 1 amide bonds. The zero-order valence-electron chi connectivity index (χ0n) is 13.7. The van der Waals surface area contributed by atoms with E-state index in [1.165, 1.54) is 0 Å². The number of anilines is 1. The summed E-state index contributed by atoms with van der Waals surface area (Å²) in [6, 6.07) is 9.54. The van der Waals surface area contributed by atoms with E-state index in [9.17, 15) is 4.79 Å². The SMILES string of the molecule is Cc1c(OCC(=O)NCCN(C)C)nn(-c2ccccc2)c1N. The molecule has 0 radical (unpaired) electrons. The number of likely N-dealkylation sites (N-methyl/N-ethyl adjacent to an activating group) is 1. The fourth-order valence-corrected chi connectivity index (χ4v) is 2.00. The Bertz CT molecular complexity index is 652. The maximum absolute atomic E-state index is 11.8. The van der Waals surface area contributed by atoms with Crippen molar-refractivity contribution >= 4 is 11.7 Å². The first kappa shape index (κ1) is 16.8. The average Bonchev–Trinajstić information content (AvgIpc) is 2.81. The number of hydrogen-bond acceptors (Lipinski definition) is 5. The van der Waals surface area contributed by atoms with E-state index in [1.54, 1.807) is 4.68 Å². The van der Waals surface area contributed by atoms with Gasteiger partial charge in [0, 0.05) is 13.1 Å². The minimum Gasteiger partial charge on any atom is -0.466 e. The molecule has 2 aromatic rings. The lowest BCUT2D eigenvalue weighted by Gasteiger charge is -2.10. The van der Waals surface area contributed by atoms with E-state index in [0.717, 1.165) is 17.8 Å². The first-order valence-corrected chi connectivity index (χ1v) is 7.43. The quantitative estimate of drug-likeness (QED) is 0.790. The lowest BCUT2D eigenvalue weighted by Crippen LogP contribution is -2.34. The van der Waals surface area contributed by atoms with E-state index in [2.05, 4.69) is 10.4 Å². The smallest absolute Gasteiger partial charge is 0.258 e. The molecule has 2 rings (SSSR count). The molecule has 0 aliphatic carbocycles. The van der Waals surface area contributed by atoms with Crippen LogP contribution in [0.5, 0.6) is 5.88 Å². The van der Waals surface area contributed by atoms with Gasteiger partial charge in [0.15, 0.2) is 6.61 Å². The maximum atomic E-state index is 11.8. The fourth-order valence-electron chi connectivity index (χ4n) is 2.00. The molecule has 0 unspecified atom stereocenters. The largest absolute Gasteiger partial charge is 0.466 e. The Morgan fingerprint density at radius 3 is 2.70 bits per heavy atom. The number of rotatable bonds is 7. The summed E-state index contributed by atoms with van der Waals surface area (Å²) >= 11 is 0. The number of para-hydroxylation sites is 1. The number of aromatic nitrogens is 2. The molecular formula is C16H23N5O2. The Morgan fingerprint density at radius 2 is 2.04 bits per heavy atom. The van der Waals surface area contributed by atoms with Gasteiger partial charge in [0.2, 0.25) is 5.88 Å². The van der Waals surface area contributed by atoms with Crippen LogP contribution in [0.4, 0.5) is 5.82 Å². The van der Waals surface area contributed by atoms with E-state index >= 15 is 0 Å². The Morgan fingerprint density at radius 1 is 1.35 bits per heavy atom. The highest BCUT2D eigenvalue weighted by Crippen LogP contribution is 2.25. The van der Waals surface area contributed by atoms with E-state index < -0.39 is 0 Å². The molecule has 1 aromatic heterocycles. The first-order valence-electron chi connectivity index (χ1n) is 7.43. The Hall–Kier alpha value is -2.54. The van der Waals surface area contributed by atoms with Gasteiger partial charge in [0.05, 0.1) is 11.3 Å². The number of carbonyl (C=O) groups excluding carboxylic acids is 1. The van der Waals surface area contributed by atoms with Crippen LogP contribution in [-0.4, -0.2) is 54.4 Å². The van der Waals surface area contributed by atoms with Crippen LogP contribution in [0.15, 0.2) is 30.3 Å². The molecule has 0 saturated carbocycles. The number of hydrogen-bond donors (Lipinski definition) is 2. The second kappa shape index (κ2) is 7.64. The number of nitrogens with two attached hydrogens (primary N) is 1. The number of nitrogen functional groups attached to an aromatic ring is 1. The minimum atomic E-state index is -0.181. The standard InChI is InChI=1S/C16H23N5O2/c1-12-15(17)21(13-7-5-4-6-8-13)19-16(12)23-11-14(22)18-9-10-20(2)3/h4-8H,9-11,17H2,1-3H3,(H,18,22). The third-order valence-electron chi connectivity index (χ3n) is 3.35. The molecule has 124 valence electrons. The second-order valence-corrected chi connectivity index (χ2v) is 5.50. The molecule has 7 nitrogen and oxygen atoms in total. The van der Waals surface area contributed by atoms with Gasteiger partial charge in [0.1, 0.15) is 5.82 Å². The van der Waals surface area contributed by atoms with E-state index in [4.69, 9.17) is 10.5 Å². The molecule has 0 fully saturated rings. The molecule has 0 aliphatic heterocycles. The molecule has 7 heteroatoms. The lowest BCUT2D eigenvalue weighted by molar-refractivity contribution is -0.123. The van der Waals surface area contributed by atoms with Gasteiger partial charge in [-0.3, -0.25) is 4.79 Å². The molecular weight excluding hydrogens is 294 g/mol. The van der Waals surface area contributed by atoms with Gasteiger partial charge in [-0.25, -0.2) is 4.68 Å². The number of benzene rings is 1. The van der Waals surface area contributed by atoms with Crippen molar-refractivity contribution in [1.29, 1.82) is 0 Å². The predicted molar refractivity (Wildman–Crippen MR) is 89.8 cm³/mol. The van der Waals surface area contributed by atoms with Gasteiger partial charge < -0.3 is 20.7 Å². The van der Waals surface area contributed by atoms with Crippen LogP contribution in [0.2, 0.25) is 0 Å². The van der Waals surface area contributed by atoms with Crippen LogP contribution in [-0.2, 0) is 4.79 Å². The zero-order chi connectivity index (χ0) is 16.8. The van der Waals surface area contributed by atoms with Crippen LogP contribution in [0.25, 0.3) is 5.69 Å². The molecule has 0 aliphatic rings. The van der Waals surface area contributed by atoms with Crippen molar-refractivity contribution in [3.63, 3.8) is 0 Å². The maximum Gasteiger partial charge on any atom is 0.258 e. The Labute approximate surface area is 136 Å². The van der Waals surface area contributed by atoms with Crippen LogP contribution >= 0.6 is 0 Å². The fraction of sp³-hybridized carbons (Fsp3) is 0.375. The highest BCUT2D eigenvalue weighted by Gasteiger charge is 2.15. The summed E-state index contributed by atoms with van der Waals surface area (Å²) in [7, 11) is 3.90. The number of ether oxygens (including phenoxy) is 1. The summed E-state index contributed by atoms with van der Waals surface area (Å²) in [6.07, 6.45) is 0. The molecule has 1 aromatic carbocycles. The molecule has 0 atom stereocenters. The van der Waals surface area contributed by atoms with Gasteiger partial charge in [-0.15, -0.1) is 5.10 Å². The van der Waals surface area contributed by atoms with Gasteiger partial charge in [-0.2, -0.15) is 0 Å². The van der Waals surface area contributed by atoms with Crippen molar-refractivity contribution in [1.82, 2.24) is 20.0 Å². The van der Waals surface area contributed by atoms with Gasteiger partial charge in [0.25, 0.3) is 5.91 Å². The summed E-state index contributed by atoms with van der Waals surface area (Å²) in [5.41, 5.74) is 7.63.